The lowest BCUT2D eigenvalue weighted by Crippen LogP contribution is -2.52. The molecule has 0 saturated carbocycles. The quantitative estimate of drug-likeness (QED) is 0.339. The van der Waals surface area contributed by atoms with E-state index in [2.05, 4.69) is 5.32 Å². The Labute approximate surface area is 212 Å². The lowest BCUT2D eigenvalue weighted by atomic mass is 10.1. The minimum atomic E-state index is -3.99. The van der Waals surface area contributed by atoms with Gasteiger partial charge in [-0.15, -0.1) is 0 Å². The zero-order chi connectivity index (χ0) is 27.0. The Hall–Kier alpha value is -3.47. The van der Waals surface area contributed by atoms with Crippen LogP contribution in [-0.2, 0) is 26.2 Å². The molecule has 1 atom stereocenters. The van der Waals surface area contributed by atoms with Crippen LogP contribution in [0.3, 0.4) is 0 Å². The summed E-state index contributed by atoms with van der Waals surface area (Å²) in [5.41, 5.74) is 2.02. The van der Waals surface area contributed by atoms with Crippen molar-refractivity contribution in [2.24, 2.45) is 0 Å². The van der Waals surface area contributed by atoms with Crippen LogP contribution in [0.1, 0.15) is 43.4 Å². The van der Waals surface area contributed by atoms with Crippen LogP contribution in [0.15, 0.2) is 42.5 Å². The highest BCUT2D eigenvalue weighted by atomic mass is 32.2. The summed E-state index contributed by atoms with van der Waals surface area (Å²) in [6.07, 6.45) is 1.98. The second kappa shape index (κ2) is 12.5. The zero-order valence-corrected chi connectivity index (χ0v) is 22.2. The summed E-state index contributed by atoms with van der Waals surface area (Å²) in [6.45, 7) is 7.19. The monoisotopic (exact) mass is 518 g/mol. The van der Waals surface area contributed by atoms with E-state index in [1.54, 1.807) is 13.8 Å². The zero-order valence-electron chi connectivity index (χ0n) is 21.4. The van der Waals surface area contributed by atoms with Crippen molar-refractivity contribution in [3.8, 4) is 0 Å². The summed E-state index contributed by atoms with van der Waals surface area (Å²) in [7, 11) is -3.99. The molecule has 2 aromatic carbocycles. The molecule has 11 heteroatoms. The van der Waals surface area contributed by atoms with Gasteiger partial charge in [-0.2, -0.15) is 0 Å². The lowest BCUT2D eigenvalue weighted by Gasteiger charge is -2.33. The molecular formula is C25H34N4O6S. The van der Waals surface area contributed by atoms with Crippen molar-refractivity contribution in [2.75, 3.05) is 23.7 Å². The number of nitro benzene ring substituents is 1. The van der Waals surface area contributed by atoms with Crippen LogP contribution in [0.2, 0.25) is 0 Å². The summed E-state index contributed by atoms with van der Waals surface area (Å²) in [6, 6.07) is 10.5. The number of hydrogen-bond donors (Lipinski definition) is 1. The average molecular weight is 519 g/mol. The van der Waals surface area contributed by atoms with Gasteiger partial charge in [0.2, 0.25) is 21.8 Å². The fourth-order valence-electron chi connectivity index (χ4n) is 3.75. The minimum absolute atomic E-state index is 0.0406. The molecule has 0 aromatic heterocycles. The Kier molecular flexibility index (Phi) is 9.97. The lowest BCUT2D eigenvalue weighted by molar-refractivity contribution is -0.384. The van der Waals surface area contributed by atoms with Gasteiger partial charge in [0.1, 0.15) is 12.6 Å². The average Bonchev–Trinajstić information content (AvgIpc) is 2.81. The van der Waals surface area contributed by atoms with Crippen molar-refractivity contribution in [1.82, 2.24) is 10.2 Å². The number of hydrogen-bond acceptors (Lipinski definition) is 6. The van der Waals surface area contributed by atoms with Gasteiger partial charge in [0, 0.05) is 25.2 Å². The number of nitrogens with zero attached hydrogens (tertiary/aromatic N) is 3. The van der Waals surface area contributed by atoms with E-state index < -0.39 is 33.4 Å². The number of nitrogens with one attached hydrogen (secondary N) is 1. The maximum absolute atomic E-state index is 13.7. The van der Waals surface area contributed by atoms with Gasteiger partial charge in [-0.3, -0.25) is 24.0 Å². The highest BCUT2D eigenvalue weighted by molar-refractivity contribution is 7.92. The summed E-state index contributed by atoms with van der Waals surface area (Å²) >= 11 is 0. The number of rotatable bonds is 12. The van der Waals surface area contributed by atoms with Crippen molar-refractivity contribution >= 4 is 33.2 Å². The van der Waals surface area contributed by atoms with Crippen LogP contribution in [0.5, 0.6) is 0 Å². The SMILES string of the molecule is CCCNC(=O)[C@H](CC)N(Cc1ccc(C)cc1)C(=O)CN(c1cc([N+](=O)[O-])ccc1C)S(C)(=O)=O. The molecule has 0 unspecified atom stereocenters. The molecule has 196 valence electrons. The van der Waals surface area contributed by atoms with Gasteiger partial charge in [-0.1, -0.05) is 49.7 Å². The number of amides is 2. The molecule has 1 N–H and O–H groups in total. The smallest absolute Gasteiger partial charge is 0.271 e. The van der Waals surface area contributed by atoms with Gasteiger partial charge >= 0.3 is 0 Å². The third-order valence-corrected chi connectivity index (χ3v) is 6.89. The first kappa shape index (κ1) is 28.8. The van der Waals surface area contributed by atoms with E-state index in [1.807, 2.05) is 38.1 Å². The minimum Gasteiger partial charge on any atom is -0.354 e. The Morgan fingerprint density at radius 1 is 1.08 bits per heavy atom. The number of non-ortho nitro benzene ring substituents is 1. The first-order valence-corrected chi connectivity index (χ1v) is 13.6. The highest BCUT2D eigenvalue weighted by Crippen LogP contribution is 2.28. The van der Waals surface area contributed by atoms with E-state index in [0.717, 1.165) is 34.2 Å². The Balaban J connectivity index is 2.50. The molecule has 36 heavy (non-hydrogen) atoms. The number of aryl methyl sites for hydroxylation is 2. The number of sulfonamides is 1. The van der Waals surface area contributed by atoms with E-state index in [0.29, 0.717) is 18.5 Å². The summed E-state index contributed by atoms with van der Waals surface area (Å²) < 4.78 is 26.3. The van der Waals surface area contributed by atoms with Crippen molar-refractivity contribution in [1.29, 1.82) is 0 Å². The summed E-state index contributed by atoms with van der Waals surface area (Å²) in [5.74, 6) is -0.914. The van der Waals surface area contributed by atoms with Gasteiger partial charge in [0.25, 0.3) is 5.69 Å². The predicted octanol–water partition coefficient (Wildman–Crippen LogP) is 3.31. The molecule has 0 aliphatic heterocycles. The third kappa shape index (κ3) is 7.51. The Bertz CT molecular complexity index is 1200. The van der Waals surface area contributed by atoms with E-state index in [9.17, 15) is 28.1 Å². The molecule has 0 heterocycles. The van der Waals surface area contributed by atoms with Crippen molar-refractivity contribution in [3.63, 3.8) is 0 Å². The van der Waals surface area contributed by atoms with Crippen LogP contribution in [0, 0.1) is 24.0 Å². The van der Waals surface area contributed by atoms with E-state index in [1.165, 1.54) is 17.0 Å². The number of carbonyl (C=O) groups excluding carboxylic acids is 2. The van der Waals surface area contributed by atoms with Crippen molar-refractivity contribution in [2.45, 2.75) is 53.1 Å². The molecule has 0 aliphatic carbocycles. The van der Waals surface area contributed by atoms with Gasteiger partial charge in [0.15, 0.2) is 0 Å². The molecule has 0 spiro atoms. The van der Waals surface area contributed by atoms with Crippen LogP contribution >= 0.6 is 0 Å². The second-order valence-electron chi connectivity index (χ2n) is 8.72. The largest absolute Gasteiger partial charge is 0.354 e. The maximum atomic E-state index is 13.7. The molecule has 0 fully saturated rings. The Morgan fingerprint density at radius 3 is 2.25 bits per heavy atom. The van der Waals surface area contributed by atoms with E-state index in [4.69, 9.17) is 0 Å². The molecule has 0 saturated heterocycles. The van der Waals surface area contributed by atoms with Crippen LogP contribution < -0.4 is 9.62 Å². The van der Waals surface area contributed by atoms with Gasteiger partial charge in [-0.05, 0) is 37.8 Å². The number of nitro groups is 1. The van der Waals surface area contributed by atoms with Gasteiger partial charge in [-0.25, -0.2) is 8.42 Å². The van der Waals surface area contributed by atoms with E-state index >= 15 is 0 Å². The first-order valence-electron chi connectivity index (χ1n) is 11.7. The highest BCUT2D eigenvalue weighted by Gasteiger charge is 2.32. The number of carbonyl (C=O) groups is 2. The predicted molar refractivity (Wildman–Crippen MR) is 139 cm³/mol. The van der Waals surface area contributed by atoms with Crippen molar-refractivity contribution in [3.05, 3.63) is 69.3 Å². The number of anilines is 1. The van der Waals surface area contributed by atoms with Gasteiger partial charge in [0.05, 0.1) is 16.9 Å². The van der Waals surface area contributed by atoms with Crippen molar-refractivity contribution < 1.29 is 22.9 Å². The fourth-order valence-corrected chi connectivity index (χ4v) is 4.65. The summed E-state index contributed by atoms with van der Waals surface area (Å²) in [4.78, 5) is 38.6. The number of benzene rings is 2. The van der Waals surface area contributed by atoms with E-state index in [-0.39, 0.29) is 23.8 Å². The molecule has 0 aliphatic rings. The third-order valence-electron chi connectivity index (χ3n) is 5.76. The molecular weight excluding hydrogens is 484 g/mol. The molecule has 0 bridgehead atoms. The van der Waals surface area contributed by atoms with Crippen LogP contribution in [0.4, 0.5) is 11.4 Å². The maximum Gasteiger partial charge on any atom is 0.271 e. The normalized spacial score (nSPS) is 12.0. The molecule has 2 rings (SSSR count). The standard InChI is InChI=1S/C25H34N4O6S/c1-6-14-26-25(31)22(7-2)27(16-20-11-8-18(3)9-12-20)24(30)17-28(36(5,34)35)23-15-21(29(32)33)13-10-19(23)4/h8-13,15,22H,6-7,14,16-17H2,1-5H3,(H,26,31)/t22-/m0/s1. The summed E-state index contributed by atoms with van der Waals surface area (Å²) in [5, 5.41) is 14.1. The fraction of sp³-hybridized carbons (Fsp3) is 0.440. The first-order chi connectivity index (χ1) is 16.9. The molecule has 2 amide bonds. The van der Waals surface area contributed by atoms with Crippen LogP contribution in [-0.4, -0.2) is 55.4 Å². The molecule has 0 radical (unpaired) electrons. The topological polar surface area (TPSA) is 130 Å². The van der Waals surface area contributed by atoms with Crippen LogP contribution in [0.25, 0.3) is 0 Å². The van der Waals surface area contributed by atoms with Gasteiger partial charge < -0.3 is 10.2 Å². The second-order valence-corrected chi connectivity index (χ2v) is 10.6. The Morgan fingerprint density at radius 2 is 1.72 bits per heavy atom. The molecule has 2 aromatic rings. The molecule has 10 nitrogen and oxygen atoms in total.